The molecule has 0 atom stereocenters. The molecule has 1 nitrogen and oxygen atoms in total. The van der Waals surface area contributed by atoms with Crippen LogP contribution < -0.4 is 0 Å². The minimum atomic E-state index is 0.181. The smallest absolute Gasteiger partial charge is 0.142 e. The molecule has 0 aliphatic rings. The third-order valence-electron chi connectivity index (χ3n) is 2.27. The standard InChI is InChI=1S/C9H16O/c1-5-9(3,4)8(2)6-7-10/h6-7H,5H2,1-4H3/b8-6+. The fraction of sp³-hybridized carbons (Fsp3) is 0.667. The Morgan fingerprint density at radius 2 is 2.00 bits per heavy atom. The Hall–Kier alpha value is -0.590. The summed E-state index contributed by atoms with van der Waals surface area (Å²) in [5, 5.41) is 0. The normalized spacial score (nSPS) is 13.4. The van der Waals surface area contributed by atoms with Gasteiger partial charge in [0.05, 0.1) is 0 Å². The number of hydrogen-bond acceptors (Lipinski definition) is 1. The highest BCUT2D eigenvalue weighted by Crippen LogP contribution is 2.28. The van der Waals surface area contributed by atoms with Crippen molar-refractivity contribution in [2.24, 2.45) is 5.41 Å². The molecule has 0 aliphatic carbocycles. The summed E-state index contributed by atoms with van der Waals surface area (Å²) >= 11 is 0. The van der Waals surface area contributed by atoms with Crippen LogP contribution in [0.15, 0.2) is 11.6 Å². The molecular weight excluding hydrogens is 124 g/mol. The molecule has 10 heavy (non-hydrogen) atoms. The molecule has 58 valence electrons. The van der Waals surface area contributed by atoms with Gasteiger partial charge in [0.2, 0.25) is 0 Å². The molecule has 0 fully saturated rings. The molecule has 0 N–H and O–H groups in total. The van der Waals surface area contributed by atoms with Crippen molar-refractivity contribution in [3.05, 3.63) is 11.6 Å². The number of aldehydes is 1. The molecule has 0 radical (unpaired) electrons. The predicted molar refractivity (Wildman–Crippen MR) is 43.9 cm³/mol. The first-order valence-electron chi connectivity index (χ1n) is 3.67. The molecule has 0 saturated heterocycles. The summed E-state index contributed by atoms with van der Waals surface area (Å²) in [6, 6.07) is 0. The number of carbonyl (C=O) groups excluding carboxylic acids is 1. The Kier molecular flexibility index (Phi) is 3.34. The van der Waals surface area contributed by atoms with Crippen LogP contribution in [0, 0.1) is 5.41 Å². The van der Waals surface area contributed by atoms with Crippen LogP contribution in [-0.4, -0.2) is 6.29 Å². The summed E-state index contributed by atoms with van der Waals surface area (Å²) in [7, 11) is 0. The molecular formula is C9H16O. The van der Waals surface area contributed by atoms with Gasteiger partial charge < -0.3 is 0 Å². The van der Waals surface area contributed by atoms with Crippen molar-refractivity contribution >= 4 is 6.29 Å². The molecule has 0 heterocycles. The van der Waals surface area contributed by atoms with E-state index < -0.39 is 0 Å². The van der Waals surface area contributed by atoms with Gasteiger partial charge in [-0.3, -0.25) is 4.79 Å². The molecule has 0 spiro atoms. The summed E-state index contributed by atoms with van der Waals surface area (Å²) < 4.78 is 0. The van der Waals surface area contributed by atoms with Gasteiger partial charge >= 0.3 is 0 Å². The molecule has 0 rings (SSSR count). The average molecular weight is 140 g/mol. The van der Waals surface area contributed by atoms with E-state index in [1.54, 1.807) is 6.08 Å². The SMILES string of the molecule is CCC(C)(C)/C(C)=C/C=O. The number of carbonyl (C=O) groups is 1. The highest BCUT2D eigenvalue weighted by molar-refractivity contribution is 5.66. The second-order valence-electron chi connectivity index (χ2n) is 3.22. The van der Waals surface area contributed by atoms with Crippen LogP contribution in [0.3, 0.4) is 0 Å². The van der Waals surface area contributed by atoms with E-state index in [-0.39, 0.29) is 5.41 Å². The van der Waals surface area contributed by atoms with Gasteiger partial charge in [0.15, 0.2) is 0 Å². The molecule has 0 aromatic carbocycles. The van der Waals surface area contributed by atoms with Gasteiger partial charge in [-0.05, 0) is 24.8 Å². The third-order valence-corrected chi connectivity index (χ3v) is 2.27. The first kappa shape index (κ1) is 9.41. The van der Waals surface area contributed by atoms with E-state index in [0.29, 0.717) is 0 Å². The number of hydrogen-bond donors (Lipinski definition) is 0. The molecule has 0 aliphatic heterocycles. The van der Waals surface area contributed by atoms with Crippen LogP contribution in [0.25, 0.3) is 0 Å². The van der Waals surface area contributed by atoms with Crippen molar-refractivity contribution in [2.75, 3.05) is 0 Å². The zero-order chi connectivity index (χ0) is 8.20. The molecule has 0 bridgehead atoms. The monoisotopic (exact) mass is 140 g/mol. The van der Waals surface area contributed by atoms with E-state index in [1.165, 1.54) is 0 Å². The maximum Gasteiger partial charge on any atom is 0.142 e. The summed E-state index contributed by atoms with van der Waals surface area (Å²) in [5.41, 5.74) is 1.34. The highest BCUT2D eigenvalue weighted by atomic mass is 16.1. The van der Waals surface area contributed by atoms with Crippen LogP contribution in [-0.2, 0) is 4.79 Å². The van der Waals surface area contributed by atoms with Crippen molar-refractivity contribution in [3.8, 4) is 0 Å². The Balaban J connectivity index is 4.31. The summed E-state index contributed by atoms with van der Waals surface area (Å²) in [6.07, 6.45) is 3.57. The van der Waals surface area contributed by atoms with E-state index in [0.717, 1.165) is 18.3 Å². The average Bonchev–Trinajstić information content (AvgIpc) is 1.89. The fourth-order valence-electron chi connectivity index (χ4n) is 0.606. The van der Waals surface area contributed by atoms with E-state index >= 15 is 0 Å². The topological polar surface area (TPSA) is 17.1 Å². The Bertz CT molecular complexity index is 143. The second-order valence-corrected chi connectivity index (χ2v) is 3.22. The third kappa shape index (κ3) is 2.34. The van der Waals surface area contributed by atoms with Gasteiger partial charge in [0, 0.05) is 0 Å². The van der Waals surface area contributed by atoms with Crippen molar-refractivity contribution in [1.82, 2.24) is 0 Å². The molecule has 1 heteroatoms. The van der Waals surface area contributed by atoms with E-state index in [1.807, 2.05) is 6.92 Å². The van der Waals surface area contributed by atoms with Gasteiger partial charge in [0.1, 0.15) is 6.29 Å². The van der Waals surface area contributed by atoms with Crippen LogP contribution in [0.2, 0.25) is 0 Å². The van der Waals surface area contributed by atoms with E-state index in [9.17, 15) is 4.79 Å². The summed E-state index contributed by atoms with van der Waals surface area (Å²) in [6.45, 7) is 8.41. The zero-order valence-electron chi connectivity index (χ0n) is 7.27. The van der Waals surface area contributed by atoms with Gasteiger partial charge in [-0.25, -0.2) is 0 Å². The predicted octanol–water partition coefficient (Wildman–Crippen LogP) is 2.57. The molecule has 0 amide bonds. The van der Waals surface area contributed by atoms with Gasteiger partial charge in [-0.15, -0.1) is 0 Å². The van der Waals surface area contributed by atoms with Crippen LogP contribution in [0.4, 0.5) is 0 Å². The van der Waals surface area contributed by atoms with Gasteiger partial charge in [0.25, 0.3) is 0 Å². The fourth-order valence-corrected chi connectivity index (χ4v) is 0.606. The second kappa shape index (κ2) is 3.55. The Labute approximate surface area is 63.1 Å². The van der Waals surface area contributed by atoms with Gasteiger partial charge in [-0.1, -0.05) is 26.3 Å². The van der Waals surface area contributed by atoms with Crippen LogP contribution >= 0.6 is 0 Å². The lowest BCUT2D eigenvalue weighted by atomic mass is 9.82. The Morgan fingerprint density at radius 3 is 2.30 bits per heavy atom. The van der Waals surface area contributed by atoms with Crippen molar-refractivity contribution in [1.29, 1.82) is 0 Å². The lowest BCUT2D eigenvalue weighted by Crippen LogP contribution is -2.10. The van der Waals surface area contributed by atoms with Gasteiger partial charge in [-0.2, -0.15) is 0 Å². The highest BCUT2D eigenvalue weighted by Gasteiger charge is 2.16. The quantitative estimate of drug-likeness (QED) is 0.435. The first-order chi connectivity index (χ1) is 4.54. The molecule has 0 aromatic rings. The van der Waals surface area contributed by atoms with Crippen molar-refractivity contribution < 1.29 is 4.79 Å². The van der Waals surface area contributed by atoms with Crippen molar-refractivity contribution in [3.63, 3.8) is 0 Å². The maximum atomic E-state index is 10.1. The van der Waals surface area contributed by atoms with Crippen LogP contribution in [0.5, 0.6) is 0 Å². The molecule has 0 aromatic heterocycles. The lowest BCUT2D eigenvalue weighted by Gasteiger charge is -2.22. The molecule has 0 unspecified atom stereocenters. The minimum Gasteiger partial charge on any atom is -0.299 e. The zero-order valence-corrected chi connectivity index (χ0v) is 7.27. The largest absolute Gasteiger partial charge is 0.299 e. The first-order valence-corrected chi connectivity index (χ1v) is 3.67. The van der Waals surface area contributed by atoms with E-state index in [2.05, 4.69) is 20.8 Å². The Morgan fingerprint density at radius 1 is 1.50 bits per heavy atom. The summed E-state index contributed by atoms with van der Waals surface area (Å²) in [5.74, 6) is 0. The summed E-state index contributed by atoms with van der Waals surface area (Å²) in [4.78, 5) is 10.1. The molecule has 0 saturated carbocycles. The number of allylic oxidation sites excluding steroid dienone is 2. The minimum absolute atomic E-state index is 0.181. The maximum absolute atomic E-state index is 10.1. The van der Waals surface area contributed by atoms with E-state index in [4.69, 9.17) is 0 Å². The van der Waals surface area contributed by atoms with Crippen LogP contribution in [0.1, 0.15) is 34.1 Å². The number of rotatable bonds is 3. The van der Waals surface area contributed by atoms with Crippen molar-refractivity contribution in [2.45, 2.75) is 34.1 Å². The lowest BCUT2D eigenvalue weighted by molar-refractivity contribution is -0.104.